The monoisotopic (exact) mass is 328 g/mol. The molecule has 124 valence electrons. The molecule has 6 heteroatoms. The molecule has 0 aromatic heterocycles. The summed E-state index contributed by atoms with van der Waals surface area (Å²) in [5, 5.41) is 5.57. The Bertz CT molecular complexity index is 774. The summed E-state index contributed by atoms with van der Waals surface area (Å²) in [5.41, 5.74) is 2.19. The summed E-state index contributed by atoms with van der Waals surface area (Å²) >= 11 is 0. The molecule has 2 aromatic carbocycles. The molecule has 1 atom stereocenters. The van der Waals surface area contributed by atoms with Crippen LogP contribution in [0.25, 0.3) is 0 Å². The first kappa shape index (κ1) is 16.0. The third-order valence-corrected chi connectivity index (χ3v) is 3.74. The molecule has 0 saturated carbocycles. The van der Waals surface area contributed by atoms with Gasteiger partial charge in [-0.1, -0.05) is 18.2 Å². The van der Waals surface area contributed by atoms with Crippen LogP contribution < -0.4 is 15.4 Å². The van der Waals surface area contributed by atoms with Crippen molar-refractivity contribution in [2.45, 2.75) is 26.0 Å². The number of rotatable bonds is 4. The summed E-state index contributed by atoms with van der Waals surface area (Å²) in [6.45, 7) is 2.01. The van der Waals surface area contributed by atoms with E-state index in [1.54, 1.807) is 31.2 Å². The van der Waals surface area contributed by atoms with Crippen LogP contribution in [0.2, 0.25) is 0 Å². The van der Waals surface area contributed by atoms with Gasteiger partial charge in [-0.3, -0.25) is 9.59 Å². The van der Waals surface area contributed by atoms with Gasteiger partial charge in [0.25, 0.3) is 5.91 Å². The standard InChI is InChI=1S/C18H17FN2O3/c1-11-18(23)21-15-8-13(4-7-16(15)24-11)10-20-17(22)9-12-2-5-14(19)6-3-12/h2-8,11H,9-10H2,1H3,(H,20,22)(H,21,23). The first-order chi connectivity index (χ1) is 11.5. The minimum Gasteiger partial charge on any atom is -0.479 e. The molecule has 0 bridgehead atoms. The summed E-state index contributed by atoms with van der Waals surface area (Å²) in [4.78, 5) is 23.6. The van der Waals surface area contributed by atoms with Gasteiger partial charge in [0.15, 0.2) is 6.10 Å². The predicted molar refractivity (Wildman–Crippen MR) is 87.1 cm³/mol. The van der Waals surface area contributed by atoms with E-state index < -0.39 is 6.10 Å². The van der Waals surface area contributed by atoms with Crippen LogP contribution in [0.15, 0.2) is 42.5 Å². The van der Waals surface area contributed by atoms with E-state index in [4.69, 9.17) is 4.74 Å². The van der Waals surface area contributed by atoms with Gasteiger partial charge in [0.1, 0.15) is 11.6 Å². The molecule has 1 unspecified atom stereocenters. The number of hydrogen-bond acceptors (Lipinski definition) is 3. The number of carbonyl (C=O) groups excluding carboxylic acids is 2. The third kappa shape index (κ3) is 3.71. The highest BCUT2D eigenvalue weighted by atomic mass is 19.1. The van der Waals surface area contributed by atoms with Gasteiger partial charge in [0, 0.05) is 6.54 Å². The quantitative estimate of drug-likeness (QED) is 0.906. The van der Waals surface area contributed by atoms with E-state index in [1.807, 2.05) is 6.07 Å². The normalized spacial score (nSPS) is 15.9. The molecule has 0 fully saturated rings. The van der Waals surface area contributed by atoms with Crippen molar-refractivity contribution in [2.75, 3.05) is 5.32 Å². The van der Waals surface area contributed by atoms with Gasteiger partial charge in [0.05, 0.1) is 12.1 Å². The Hall–Kier alpha value is -2.89. The lowest BCUT2D eigenvalue weighted by Crippen LogP contribution is -2.34. The van der Waals surface area contributed by atoms with Crippen LogP contribution in [0.4, 0.5) is 10.1 Å². The van der Waals surface area contributed by atoms with Gasteiger partial charge in [-0.05, 0) is 42.3 Å². The lowest BCUT2D eigenvalue weighted by molar-refractivity contribution is -0.123. The summed E-state index contributed by atoms with van der Waals surface area (Å²) in [6.07, 6.45) is -0.332. The molecule has 1 aliphatic heterocycles. The molecule has 5 nitrogen and oxygen atoms in total. The minimum atomic E-state index is -0.515. The van der Waals surface area contributed by atoms with Crippen molar-refractivity contribution in [1.29, 1.82) is 0 Å². The Morgan fingerprint density at radius 3 is 2.67 bits per heavy atom. The van der Waals surface area contributed by atoms with Crippen molar-refractivity contribution in [2.24, 2.45) is 0 Å². The fraction of sp³-hybridized carbons (Fsp3) is 0.222. The first-order valence-electron chi connectivity index (χ1n) is 7.63. The Morgan fingerprint density at radius 2 is 1.92 bits per heavy atom. The summed E-state index contributed by atoms with van der Waals surface area (Å²) < 4.78 is 18.3. The molecule has 24 heavy (non-hydrogen) atoms. The molecule has 0 saturated heterocycles. The molecule has 1 heterocycles. The van der Waals surface area contributed by atoms with Crippen LogP contribution >= 0.6 is 0 Å². The second-order valence-corrected chi connectivity index (χ2v) is 5.66. The molecule has 2 amide bonds. The SMILES string of the molecule is CC1Oc2ccc(CNC(=O)Cc3ccc(F)cc3)cc2NC1=O. The van der Waals surface area contributed by atoms with E-state index in [0.717, 1.165) is 11.1 Å². The number of ether oxygens (including phenoxy) is 1. The number of fused-ring (bicyclic) bond motifs is 1. The maximum atomic E-state index is 12.8. The van der Waals surface area contributed by atoms with E-state index >= 15 is 0 Å². The molecule has 0 spiro atoms. The lowest BCUT2D eigenvalue weighted by Gasteiger charge is -2.23. The van der Waals surface area contributed by atoms with Crippen molar-refractivity contribution in [3.63, 3.8) is 0 Å². The molecular weight excluding hydrogens is 311 g/mol. The number of carbonyl (C=O) groups is 2. The Labute approximate surface area is 138 Å². The van der Waals surface area contributed by atoms with E-state index in [0.29, 0.717) is 18.0 Å². The van der Waals surface area contributed by atoms with E-state index in [1.165, 1.54) is 12.1 Å². The molecule has 0 radical (unpaired) electrons. The first-order valence-corrected chi connectivity index (χ1v) is 7.63. The van der Waals surface area contributed by atoms with E-state index in [9.17, 15) is 14.0 Å². The Morgan fingerprint density at radius 1 is 1.21 bits per heavy atom. The number of anilines is 1. The van der Waals surface area contributed by atoms with Crippen molar-refractivity contribution in [3.05, 3.63) is 59.4 Å². The van der Waals surface area contributed by atoms with Gasteiger partial charge in [-0.15, -0.1) is 0 Å². The van der Waals surface area contributed by atoms with Crippen molar-refractivity contribution in [1.82, 2.24) is 5.32 Å². The fourth-order valence-electron chi connectivity index (χ4n) is 2.42. The maximum Gasteiger partial charge on any atom is 0.265 e. The zero-order valence-corrected chi connectivity index (χ0v) is 13.1. The molecule has 2 aromatic rings. The van der Waals surface area contributed by atoms with E-state index in [-0.39, 0.29) is 24.1 Å². The molecular formula is C18H17FN2O3. The average molecular weight is 328 g/mol. The lowest BCUT2D eigenvalue weighted by atomic mass is 10.1. The number of hydrogen-bond donors (Lipinski definition) is 2. The molecule has 2 N–H and O–H groups in total. The third-order valence-electron chi connectivity index (χ3n) is 3.74. The van der Waals surface area contributed by atoms with Crippen LogP contribution in [0.5, 0.6) is 5.75 Å². The molecule has 1 aliphatic rings. The van der Waals surface area contributed by atoms with Gasteiger partial charge < -0.3 is 15.4 Å². The van der Waals surface area contributed by atoms with Crippen molar-refractivity contribution < 1.29 is 18.7 Å². The van der Waals surface area contributed by atoms with Crippen LogP contribution in [0.1, 0.15) is 18.1 Å². The van der Waals surface area contributed by atoms with Crippen molar-refractivity contribution >= 4 is 17.5 Å². The number of halogens is 1. The second-order valence-electron chi connectivity index (χ2n) is 5.66. The zero-order chi connectivity index (χ0) is 17.1. The summed E-state index contributed by atoms with van der Waals surface area (Å²) in [6, 6.07) is 11.2. The van der Waals surface area contributed by atoms with E-state index in [2.05, 4.69) is 10.6 Å². The van der Waals surface area contributed by atoms with Crippen molar-refractivity contribution in [3.8, 4) is 5.75 Å². The zero-order valence-electron chi connectivity index (χ0n) is 13.1. The molecule has 0 aliphatic carbocycles. The highest BCUT2D eigenvalue weighted by molar-refractivity contribution is 5.97. The highest BCUT2D eigenvalue weighted by Gasteiger charge is 2.23. The predicted octanol–water partition coefficient (Wildman–Crippen LogP) is 2.40. The fourth-order valence-corrected chi connectivity index (χ4v) is 2.42. The summed E-state index contributed by atoms with van der Waals surface area (Å²) in [7, 11) is 0. The largest absolute Gasteiger partial charge is 0.479 e. The Kier molecular flexibility index (Phi) is 4.46. The Balaban J connectivity index is 1.58. The van der Waals surface area contributed by atoms with Gasteiger partial charge in [-0.2, -0.15) is 0 Å². The topological polar surface area (TPSA) is 67.4 Å². The smallest absolute Gasteiger partial charge is 0.265 e. The molecule has 3 rings (SSSR count). The maximum absolute atomic E-state index is 12.8. The van der Waals surface area contributed by atoms with Crippen LogP contribution in [0, 0.1) is 5.82 Å². The number of amides is 2. The summed E-state index contributed by atoms with van der Waals surface area (Å²) in [5.74, 6) is -0.0662. The number of nitrogens with one attached hydrogen (secondary N) is 2. The van der Waals surface area contributed by atoms with Gasteiger partial charge in [0.2, 0.25) is 5.91 Å². The average Bonchev–Trinajstić information content (AvgIpc) is 2.56. The van der Waals surface area contributed by atoms with Crippen LogP contribution in [0.3, 0.4) is 0 Å². The van der Waals surface area contributed by atoms with Gasteiger partial charge >= 0.3 is 0 Å². The minimum absolute atomic E-state index is 0.159. The second kappa shape index (κ2) is 6.70. The number of benzene rings is 2. The van der Waals surface area contributed by atoms with Crippen LogP contribution in [-0.4, -0.2) is 17.9 Å². The van der Waals surface area contributed by atoms with Gasteiger partial charge in [-0.25, -0.2) is 4.39 Å². The van der Waals surface area contributed by atoms with Crippen LogP contribution in [-0.2, 0) is 22.6 Å². The highest BCUT2D eigenvalue weighted by Crippen LogP contribution is 2.30.